The number of nitrogens with zero attached hydrogens (tertiary/aromatic N) is 1. The zero-order chi connectivity index (χ0) is 13.0. The van der Waals surface area contributed by atoms with E-state index in [-0.39, 0.29) is 12.3 Å². The van der Waals surface area contributed by atoms with Gasteiger partial charge in [0.05, 0.1) is 9.90 Å². The van der Waals surface area contributed by atoms with E-state index in [4.69, 9.17) is 28.3 Å². The molecule has 0 unspecified atom stereocenters. The lowest BCUT2D eigenvalue weighted by molar-refractivity contribution is -0.137. The molecule has 94 valence electrons. The number of amides is 1. The Balaban J connectivity index is 2.57. The van der Waals surface area contributed by atoms with Crippen molar-refractivity contribution in [2.24, 2.45) is 0 Å². The molecule has 0 fully saturated rings. The van der Waals surface area contributed by atoms with Crippen LogP contribution in [0.2, 0.25) is 8.67 Å². The number of rotatable bonds is 5. The minimum absolute atomic E-state index is 0.0374. The number of carboxylic acid groups (broad SMARTS) is 1. The number of thiophene rings is 1. The van der Waals surface area contributed by atoms with Crippen LogP contribution in [0, 0.1) is 0 Å². The van der Waals surface area contributed by atoms with Crippen molar-refractivity contribution in [1.29, 1.82) is 0 Å². The Kier molecular flexibility index (Phi) is 5.24. The SMILES string of the molecule is CN(CCCC(=O)O)C(=O)c1cc(Cl)sc1Cl. The summed E-state index contributed by atoms with van der Waals surface area (Å²) in [5, 5.41) is 8.49. The molecule has 0 atom stereocenters. The number of carbonyl (C=O) groups is 2. The van der Waals surface area contributed by atoms with Crippen LogP contribution < -0.4 is 0 Å². The molecule has 1 amide bonds. The van der Waals surface area contributed by atoms with E-state index in [1.807, 2.05) is 0 Å². The molecule has 0 radical (unpaired) electrons. The second kappa shape index (κ2) is 6.23. The Bertz CT molecular complexity index is 433. The fraction of sp³-hybridized carbons (Fsp3) is 0.400. The van der Waals surface area contributed by atoms with E-state index in [0.29, 0.717) is 27.2 Å². The lowest BCUT2D eigenvalue weighted by Crippen LogP contribution is -2.27. The molecule has 0 aliphatic heterocycles. The van der Waals surface area contributed by atoms with E-state index in [0.717, 1.165) is 11.3 Å². The monoisotopic (exact) mass is 295 g/mol. The van der Waals surface area contributed by atoms with Gasteiger partial charge in [-0.25, -0.2) is 0 Å². The first-order valence-electron chi connectivity index (χ1n) is 4.84. The third-order valence-corrected chi connectivity index (χ3v) is 3.61. The number of hydrogen-bond acceptors (Lipinski definition) is 3. The van der Waals surface area contributed by atoms with Crippen LogP contribution >= 0.6 is 34.5 Å². The molecule has 0 aromatic carbocycles. The van der Waals surface area contributed by atoms with E-state index in [1.165, 1.54) is 11.0 Å². The van der Waals surface area contributed by atoms with Crippen molar-refractivity contribution in [2.45, 2.75) is 12.8 Å². The second-order valence-electron chi connectivity index (χ2n) is 3.46. The fourth-order valence-electron chi connectivity index (χ4n) is 1.26. The first kappa shape index (κ1) is 14.3. The first-order valence-corrected chi connectivity index (χ1v) is 6.41. The van der Waals surface area contributed by atoms with Gasteiger partial charge in [0.2, 0.25) is 0 Å². The fourth-order valence-corrected chi connectivity index (χ4v) is 2.71. The summed E-state index contributed by atoms with van der Waals surface area (Å²) in [4.78, 5) is 23.7. The zero-order valence-electron chi connectivity index (χ0n) is 9.07. The number of carbonyl (C=O) groups excluding carboxylic acids is 1. The Hall–Kier alpha value is -0.780. The first-order chi connectivity index (χ1) is 7.91. The highest BCUT2D eigenvalue weighted by Crippen LogP contribution is 2.31. The van der Waals surface area contributed by atoms with Gasteiger partial charge in [0, 0.05) is 20.0 Å². The van der Waals surface area contributed by atoms with E-state index >= 15 is 0 Å². The van der Waals surface area contributed by atoms with Crippen molar-refractivity contribution in [2.75, 3.05) is 13.6 Å². The molecule has 0 bridgehead atoms. The summed E-state index contributed by atoms with van der Waals surface area (Å²) < 4.78 is 0.808. The van der Waals surface area contributed by atoms with Crippen LogP contribution in [0.4, 0.5) is 0 Å². The van der Waals surface area contributed by atoms with Gasteiger partial charge in [-0.3, -0.25) is 9.59 Å². The minimum atomic E-state index is -0.873. The Morgan fingerprint density at radius 3 is 2.59 bits per heavy atom. The number of carboxylic acids is 1. The summed E-state index contributed by atoms with van der Waals surface area (Å²) >= 11 is 12.7. The molecule has 0 aliphatic rings. The molecule has 1 aromatic heterocycles. The number of hydrogen-bond donors (Lipinski definition) is 1. The smallest absolute Gasteiger partial charge is 0.303 e. The predicted octanol–water partition coefficient (Wildman–Crippen LogP) is 2.99. The van der Waals surface area contributed by atoms with Crippen LogP contribution in [-0.4, -0.2) is 35.5 Å². The van der Waals surface area contributed by atoms with Crippen LogP contribution in [0.3, 0.4) is 0 Å². The standard InChI is InChI=1S/C10H11Cl2NO3S/c1-13(4-2-3-8(14)15)10(16)6-5-7(11)17-9(6)12/h5H,2-4H2,1H3,(H,14,15). The van der Waals surface area contributed by atoms with E-state index in [2.05, 4.69) is 0 Å². The van der Waals surface area contributed by atoms with Crippen LogP contribution in [-0.2, 0) is 4.79 Å². The van der Waals surface area contributed by atoms with Crippen molar-refractivity contribution >= 4 is 46.4 Å². The minimum Gasteiger partial charge on any atom is -0.481 e. The molecule has 0 saturated carbocycles. The molecule has 1 aromatic rings. The van der Waals surface area contributed by atoms with E-state index in [1.54, 1.807) is 7.05 Å². The maximum atomic E-state index is 11.9. The average Bonchev–Trinajstić information content (AvgIpc) is 2.56. The van der Waals surface area contributed by atoms with Gasteiger partial charge in [-0.15, -0.1) is 11.3 Å². The van der Waals surface area contributed by atoms with Gasteiger partial charge in [0.25, 0.3) is 5.91 Å². The molecule has 0 spiro atoms. The van der Waals surface area contributed by atoms with E-state index in [9.17, 15) is 9.59 Å². The van der Waals surface area contributed by atoms with E-state index < -0.39 is 5.97 Å². The molecule has 1 N–H and O–H groups in total. The summed E-state index contributed by atoms with van der Waals surface area (Å²) in [5.41, 5.74) is 0.361. The topological polar surface area (TPSA) is 57.6 Å². The van der Waals surface area contributed by atoms with Crippen molar-refractivity contribution in [1.82, 2.24) is 4.90 Å². The maximum absolute atomic E-state index is 11.9. The molecular weight excluding hydrogens is 285 g/mol. The highest BCUT2D eigenvalue weighted by atomic mass is 35.5. The van der Waals surface area contributed by atoms with Crippen molar-refractivity contribution in [3.05, 3.63) is 20.3 Å². The third-order valence-electron chi connectivity index (χ3n) is 2.12. The zero-order valence-corrected chi connectivity index (χ0v) is 11.4. The Labute approximate surface area is 113 Å². The molecule has 0 aliphatic carbocycles. The average molecular weight is 296 g/mol. The van der Waals surface area contributed by atoms with Crippen LogP contribution in [0.25, 0.3) is 0 Å². The normalized spacial score (nSPS) is 10.3. The molecule has 0 saturated heterocycles. The van der Waals surface area contributed by atoms with Crippen molar-refractivity contribution in [3.8, 4) is 0 Å². The maximum Gasteiger partial charge on any atom is 0.303 e. The lowest BCUT2D eigenvalue weighted by Gasteiger charge is -2.15. The number of aliphatic carboxylic acids is 1. The lowest BCUT2D eigenvalue weighted by atomic mass is 10.2. The summed E-state index contributed by atoms with van der Waals surface area (Å²) in [6.07, 6.45) is 0.447. The predicted molar refractivity (Wildman–Crippen MR) is 68.2 cm³/mol. The highest BCUT2D eigenvalue weighted by molar-refractivity contribution is 7.20. The molecule has 4 nitrogen and oxygen atoms in total. The quantitative estimate of drug-likeness (QED) is 0.908. The summed E-state index contributed by atoms with van der Waals surface area (Å²) in [6.45, 7) is 0.370. The van der Waals surface area contributed by atoms with Gasteiger partial charge < -0.3 is 10.0 Å². The molecule has 1 heterocycles. The van der Waals surface area contributed by atoms with Gasteiger partial charge in [0.15, 0.2) is 0 Å². The Morgan fingerprint density at radius 2 is 2.12 bits per heavy atom. The third kappa shape index (κ3) is 4.18. The van der Waals surface area contributed by atoms with Gasteiger partial charge in [0.1, 0.15) is 4.34 Å². The van der Waals surface area contributed by atoms with Gasteiger partial charge in [-0.1, -0.05) is 23.2 Å². The van der Waals surface area contributed by atoms with Gasteiger partial charge >= 0.3 is 5.97 Å². The summed E-state index contributed by atoms with van der Waals surface area (Å²) in [6, 6.07) is 1.52. The highest BCUT2D eigenvalue weighted by Gasteiger charge is 2.17. The van der Waals surface area contributed by atoms with Gasteiger partial charge in [-0.05, 0) is 12.5 Å². The van der Waals surface area contributed by atoms with Crippen molar-refractivity contribution in [3.63, 3.8) is 0 Å². The largest absolute Gasteiger partial charge is 0.481 e. The van der Waals surface area contributed by atoms with Crippen LogP contribution in [0.1, 0.15) is 23.2 Å². The van der Waals surface area contributed by atoms with Gasteiger partial charge in [-0.2, -0.15) is 0 Å². The molecule has 7 heteroatoms. The van der Waals surface area contributed by atoms with Crippen LogP contribution in [0.15, 0.2) is 6.07 Å². The molecular formula is C10H11Cl2NO3S. The molecule has 17 heavy (non-hydrogen) atoms. The Morgan fingerprint density at radius 1 is 1.47 bits per heavy atom. The summed E-state index contributed by atoms with van der Waals surface area (Å²) in [5.74, 6) is -1.12. The molecule has 1 rings (SSSR count). The van der Waals surface area contributed by atoms with Crippen LogP contribution in [0.5, 0.6) is 0 Å². The summed E-state index contributed by atoms with van der Waals surface area (Å²) in [7, 11) is 1.60. The second-order valence-corrected chi connectivity index (χ2v) is 5.75. The number of halogens is 2. The van der Waals surface area contributed by atoms with Crippen molar-refractivity contribution < 1.29 is 14.7 Å².